The summed E-state index contributed by atoms with van der Waals surface area (Å²) < 4.78 is 28.3. The lowest BCUT2D eigenvalue weighted by Crippen LogP contribution is -2.64. The quantitative estimate of drug-likeness (QED) is 0.115. The minimum Gasteiger partial charge on any atom is -0.427 e. The molecule has 18 atom stereocenters. The van der Waals surface area contributed by atoms with Crippen LogP contribution in [0.4, 0.5) is 0 Å². The Kier molecular flexibility index (Phi) is 11.2. The third kappa shape index (κ3) is 6.81. The molecule has 2 saturated carbocycles. The van der Waals surface area contributed by atoms with Crippen LogP contribution in [0.25, 0.3) is 0 Å². The maximum absolute atomic E-state index is 10.7. The van der Waals surface area contributed by atoms with Crippen molar-refractivity contribution < 1.29 is 85.0 Å². The number of fused-ring (bicyclic) bond motifs is 1. The Balaban J connectivity index is 1.39. The maximum atomic E-state index is 10.7. The number of aliphatic hydroxyl groups excluding tert-OH is 12. The van der Waals surface area contributed by atoms with Gasteiger partial charge in [0.1, 0.15) is 61.0 Å². The van der Waals surface area contributed by atoms with Crippen molar-refractivity contribution in [2.24, 2.45) is 11.8 Å². The van der Waals surface area contributed by atoms with E-state index < -0.39 is 135 Å². The lowest BCUT2D eigenvalue weighted by molar-refractivity contribution is -0.368. The molecular formula is C27H47O17+. The van der Waals surface area contributed by atoms with Crippen LogP contribution in [0.5, 0.6) is 0 Å². The number of ether oxygens (including phenoxy) is 5. The lowest BCUT2D eigenvalue weighted by atomic mass is 9.72. The van der Waals surface area contributed by atoms with E-state index in [1.54, 1.807) is 0 Å². The number of aliphatic hydroxyl groups is 14. The van der Waals surface area contributed by atoms with Crippen LogP contribution in [0, 0.1) is 11.8 Å². The molecule has 5 fully saturated rings. The summed E-state index contributed by atoms with van der Waals surface area (Å²) in [5.41, 5.74) is 0. The molecule has 256 valence electrons. The number of hydrogen-bond donors (Lipinski definition) is 12. The highest BCUT2D eigenvalue weighted by atomic mass is 16.7. The van der Waals surface area contributed by atoms with Crippen LogP contribution in [-0.2, 0) is 18.9 Å². The molecule has 13 N–H and O–H groups in total. The Morgan fingerprint density at radius 3 is 1.55 bits per heavy atom. The second-order valence-electron chi connectivity index (χ2n) is 12.8. The van der Waals surface area contributed by atoms with Gasteiger partial charge in [-0.25, -0.2) is 0 Å². The van der Waals surface area contributed by atoms with Crippen molar-refractivity contribution >= 4 is 0 Å². The van der Waals surface area contributed by atoms with Gasteiger partial charge in [-0.15, -0.1) is 0 Å². The van der Waals surface area contributed by atoms with Gasteiger partial charge in [-0.05, 0) is 19.3 Å². The highest BCUT2D eigenvalue weighted by molar-refractivity contribution is 5.00. The molecule has 3 saturated heterocycles. The Labute approximate surface area is 252 Å². The highest BCUT2D eigenvalue weighted by Gasteiger charge is 2.57. The van der Waals surface area contributed by atoms with Gasteiger partial charge in [-0.1, -0.05) is 0 Å². The first kappa shape index (κ1) is 34.6. The third-order valence-corrected chi connectivity index (χ3v) is 9.91. The second kappa shape index (κ2) is 14.2. The predicted octanol–water partition coefficient (Wildman–Crippen LogP) is -6.71. The van der Waals surface area contributed by atoms with Crippen molar-refractivity contribution in [2.75, 3.05) is 13.2 Å². The molecule has 0 bridgehead atoms. The number of rotatable bonds is 7. The van der Waals surface area contributed by atoms with Crippen LogP contribution in [0.3, 0.4) is 0 Å². The molecule has 17 heteroatoms. The summed E-state index contributed by atoms with van der Waals surface area (Å²) in [7, 11) is 0. The van der Waals surface area contributed by atoms with Gasteiger partial charge < -0.3 is 85.0 Å². The lowest BCUT2D eigenvalue weighted by Gasteiger charge is -2.50. The van der Waals surface area contributed by atoms with E-state index in [0.29, 0.717) is 0 Å². The van der Waals surface area contributed by atoms with Gasteiger partial charge in [0.25, 0.3) is 0 Å². The van der Waals surface area contributed by atoms with Crippen LogP contribution < -0.4 is 0 Å². The molecule has 17 nitrogen and oxygen atoms in total. The van der Waals surface area contributed by atoms with E-state index in [0.717, 1.165) is 0 Å². The fourth-order valence-electron chi connectivity index (χ4n) is 7.40. The topological polar surface area (TPSA) is 292 Å². The van der Waals surface area contributed by atoms with Crippen molar-refractivity contribution in [3.63, 3.8) is 0 Å². The molecular weight excluding hydrogens is 596 g/mol. The van der Waals surface area contributed by atoms with E-state index in [1.165, 1.54) is 0 Å². The standard InChI is InChI=1S/C27H46O17/c28-6-16-19(34)21(36)23(38)26(43-16)41-14-4-9(30)3-13-10(14)5-15(25(40-13)8-1-11(31)18(33)12(32)2-8)42-27-24(39)22(37)20(35)17(7-29)44-27/h8-39H,1-7H2/p+1/t8?,9?,10?,11?,12?,13?,14?,15?,16-,17-,18?,19-,20-,21+,22+,23-,24-,25?,26-,27-/m1/s1. The van der Waals surface area contributed by atoms with Crippen molar-refractivity contribution in [3.05, 3.63) is 0 Å². The van der Waals surface area contributed by atoms with E-state index in [-0.39, 0.29) is 32.1 Å². The monoisotopic (exact) mass is 643 g/mol. The van der Waals surface area contributed by atoms with Gasteiger partial charge in [0.15, 0.2) is 24.8 Å². The predicted molar refractivity (Wildman–Crippen MR) is 141 cm³/mol. The van der Waals surface area contributed by atoms with Crippen LogP contribution >= 0.6 is 0 Å². The zero-order chi connectivity index (χ0) is 32.0. The minimum absolute atomic E-state index is 0.0473. The number of hydrogen-bond acceptors (Lipinski definition) is 16. The van der Waals surface area contributed by atoms with Gasteiger partial charge >= 0.3 is 0 Å². The molecule has 5 aliphatic rings. The van der Waals surface area contributed by atoms with Crippen LogP contribution in [0.1, 0.15) is 32.1 Å². The summed E-state index contributed by atoms with van der Waals surface area (Å²) in [5.74, 6) is -1.04. The molecule has 0 spiro atoms. The Morgan fingerprint density at radius 1 is 0.545 bits per heavy atom. The van der Waals surface area contributed by atoms with Gasteiger partial charge in [0, 0.05) is 18.8 Å². The van der Waals surface area contributed by atoms with Gasteiger partial charge in [0.05, 0.1) is 43.5 Å². The normalized spacial score (nSPS) is 55.4. The fourth-order valence-corrected chi connectivity index (χ4v) is 7.40. The minimum atomic E-state index is -1.72. The van der Waals surface area contributed by atoms with Crippen LogP contribution in [0.15, 0.2) is 0 Å². The molecule has 3 heterocycles. The maximum Gasteiger partial charge on any atom is 0.187 e. The molecule has 3 aliphatic heterocycles. The van der Waals surface area contributed by atoms with Crippen molar-refractivity contribution in [1.82, 2.24) is 0 Å². The smallest absolute Gasteiger partial charge is 0.187 e. The zero-order valence-electron chi connectivity index (χ0n) is 23.9. The van der Waals surface area contributed by atoms with Crippen molar-refractivity contribution in [3.8, 4) is 0 Å². The van der Waals surface area contributed by atoms with E-state index in [2.05, 4.69) is 0 Å². The first-order valence-electron chi connectivity index (χ1n) is 15.2. The Hall–Kier alpha value is -0.680. The largest absolute Gasteiger partial charge is 0.427 e. The molecule has 0 aromatic heterocycles. The average molecular weight is 644 g/mol. The molecule has 0 aromatic rings. The van der Waals surface area contributed by atoms with Crippen LogP contribution in [-0.4, -0.2) is 189 Å². The first-order chi connectivity index (χ1) is 20.8. The molecule has 0 radical (unpaired) electrons. The van der Waals surface area contributed by atoms with Gasteiger partial charge in [-0.3, -0.25) is 0 Å². The second-order valence-corrected chi connectivity index (χ2v) is 12.8. The summed E-state index contributed by atoms with van der Waals surface area (Å²) in [6.07, 6.45) is -22.8. The van der Waals surface area contributed by atoms with Crippen LogP contribution in [0.2, 0.25) is 0 Å². The summed E-state index contributed by atoms with van der Waals surface area (Å²) >= 11 is 0. The molecule has 5 rings (SSSR count). The molecule has 8 unspecified atom stereocenters. The van der Waals surface area contributed by atoms with Crippen molar-refractivity contribution in [1.29, 1.82) is 0 Å². The summed E-state index contributed by atoms with van der Waals surface area (Å²) in [4.78, 5) is 0. The molecule has 2 aliphatic carbocycles. The Morgan fingerprint density at radius 2 is 1.05 bits per heavy atom. The fraction of sp³-hybridized carbons (Fsp3) is 1.00. The van der Waals surface area contributed by atoms with Crippen molar-refractivity contribution in [2.45, 2.75) is 142 Å². The summed E-state index contributed by atoms with van der Waals surface area (Å²) in [6.45, 7) is -1.34. The third-order valence-electron chi connectivity index (χ3n) is 9.91. The SMILES string of the molecule is OC[C@H]1O[C@@H](OC2CC(O)CC3[OH+]C(C4CC(O)C(O)C(O)C4)C(O[C@@H]4O[C@H](CO)[C@@H](O)[C@H](O)[C@H]4O)CC23)[C@H](O)[C@@H](O)[C@@H]1O. The highest BCUT2D eigenvalue weighted by Crippen LogP contribution is 2.43. The van der Waals surface area contributed by atoms with E-state index >= 15 is 0 Å². The molecule has 0 amide bonds. The molecule has 44 heavy (non-hydrogen) atoms. The van der Waals surface area contributed by atoms with E-state index in [1.807, 2.05) is 0 Å². The summed E-state index contributed by atoms with van der Waals surface area (Å²) in [6, 6.07) is 0. The Bertz CT molecular complexity index is 915. The molecule has 0 aromatic carbocycles. The van der Waals surface area contributed by atoms with Gasteiger partial charge in [0.2, 0.25) is 0 Å². The first-order valence-corrected chi connectivity index (χ1v) is 15.2. The average Bonchev–Trinajstić information content (AvgIpc) is 2.99. The van der Waals surface area contributed by atoms with E-state index in [9.17, 15) is 61.3 Å². The zero-order valence-corrected chi connectivity index (χ0v) is 23.9. The van der Waals surface area contributed by atoms with E-state index in [4.69, 9.17) is 23.7 Å². The summed E-state index contributed by atoms with van der Waals surface area (Å²) in [5, 5.41) is 123. The van der Waals surface area contributed by atoms with Gasteiger partial charge in [-0.2, -0.15) is 0 Å².